The van der Waals surface area contributed by atoms with Crippen molar-refractivity contribution in [1.29, 1.82) is 0 Å². The maximum Gasteiger partial charge on any atom is 0.337 e. The van der Waals surface area contributed by atoms with Gasteiger partial charge in [0.15, 0.2) is 0 Å². The van der Waals surface area contributed by atoms with Crippen LogP contribution in [0.5, 0.6) is 0 Å². The Labute approximate surface area is 98.1 Å². The highest BCUT2D eigenvalue weighted by Crippen LogP contribution is 2.09. The number of hydrogen-bond acceptors (Lipinski definition) is 4. The van der Waals surface area contributed by atoms with E-state index in [2.05, 4.69) is 15.6 Å². The zero-order valence-corrected chi connectivity index (χ0v) is 9.14. The summed E-state index contributed by atoms with van der Waals surface area (Å²) in [5.41, 5.74) is 0.157. The maximum absolute atomic E-state index is 11.0. The first-order valence-electron chi connectivity index (χ1n) is 5.38. The van der Waals surface area contributed by atoms with Gasteiger partial charge in [-0.05, 0) is 18.6 Å². The number of carbonyl (C=O) groups is 2. The number of carboxylic acids is 1. The van der Waals surface area contributed by atoms with Gasteiger partial charge in [0.2, 0.25) is 5.91 Å². The second kappa shape index (κ2) is 4.82. The fourth-order valence-corrected chi connectivity index (χ4v) is 1.68. The van der Waals surface area contributed by atoms with Crippen LogP contribution in [0.3, 0.4) is 0 Å². The summed E-state index contributed by atoms with van der Waals surface area (Å²) >= 11 is 0. The largest absolute Gasteiger partial charge is 0.478 e. The van der Waals surface area contributed by atoms with Gasteiger partial charge in [-0.3, -0.25) is 4.79 Å². The van der Waals surface area contributed by atoms with Crippen molar-refractivity contribution in [3.8, 4) is 0 Å². The normalized spacial score (nSPS) is 18.8. The summed E-state index contributed by atoms with van der Waals surface area (Å²) in [5, 5.41) is 14.6. The number of amides is 1. The summed E-state index contributed by atoms with van der Waals surface area (Å²) < 4.78 is 0. The molecule has 6 nitrogen and oxygen atoms in total. The number of pyridine rings is 1. The molecule has 1 fully saturated rings. The van der Waals surface area contributed by atoms with Gasteiger partial charge in [0, 0.05) is 25.2 Å². The van der Waals surface area contributed by atoms with Gasteiger partial charge in [-0.2, -0.15) is 0 Å². The zero-order valence-electron chi connectivity index (χ0n) is 9.14. The summed E-state index contributed by atoms with van der Waals surface area (Å²) in [4.78, 5) is 25.5. The Hall–Kier alpha value is -2.11. The molecule has 1 amide bonds. The lowest BCUT2D eigenvalue weighted by atomic mass is 10.2. The van der Waals surface area contributed by atoms with Gasteiger partial charge >= 0.3 is 5.97 Å². The van der Waals surface area contributed by atoms with Crippen molar-refractivity contribution in [1.82, 2.24) is 10.3 Å². The minimum Gasteiger partial charge on any atom is -0.478 e. The topological polar surface area (TPSA) is 91.3 Å². The third-order valence-corrected chi connectivity index (χ3v) is 2.62. The summed E-state index contributed by atoms with van der Waals surface area (Å²) in [5.74, 6) is -0.311. The van der Waals surface area contributed by atoms with Crippen molar-refractivity contribution in [2.45, 2.75) is 18.9 Å². The average molecular weight is 235 g/mol. The second-order valence-electron chi connectivity index (χ2n) is 3.92. The Balaban J connectivity index is 1.87. The molecule has 17 heavy (non-hydrogen) atoms. The lowest BCUT2D eigenvalue weighted by Gasteiger charge is -2.11. The van der Waals surface area contributed by atoms with Gasteiger partial charge in [-0.15, -0.1) is 0 Å². The van der Waals surface area contributed by atoms with E-state index in [-0.39, 0.29) is 17.5 Å². The number of anilines is 1. The quantitative estimate of drug-likeness (QED) is 0.705. The molecular formula is C11H13N3O3. The molecule has 0 radical (unpaired) electrons. The number of rotatable bonds is 4. The lowest BCUT2D eigenvalue weighted by Crippen LogP contribution is -2.31. The highest BCUT2D eigenvalue weighted by molar-refractivity contribution is 5.87. The number of aromatic carboxylic acids is 1. The van der Waals surface area contributed by atoms with Crippen LogP contribution in [-0.2, 0) is 4.79 Å². The molecule has 2 heterocycles. The summed E-state index contributed by atoms with van der Waals surface area (Å²) in [6, 6.07) is 3.23. The van der Waals surface area contributed by atoms with E-state index in [1.165, 1.54) is 12.3 Å². The SMILES string of the molecule is O=C1CCC(CNc2ccc(C(=O)O)cn2)N1. The third-order valence-electron chi connectivity index (χ3n) is 2.62. The standard InChI is InChI=1S/C11H13N3O3/c15-10-4-2-8(14-10)6-13-9-3-1-7(5-12-9)11(16)17/h1,3,5,8H,2,4,6H2,(H,12,13)(H,14,15)(H,16,17). The molecule has 0 spiro atoms. The van der Waals surface area contributed by atoms with Crippen molar-refractivity contribution in [2.24, 2.45) is 0 Å². The zero-order chi connectivity index (χ0) is 12.3. The molecule has 2 rings (SSSR count). The van der Waals surface area contributed by atoms with E-state index in [0.717, 1.165) is 6.42 Å². The van der Waals surface area contributed by atoms with Crippen LogP contribution >= 0.6 is 0 Å². The van der Waals surface area contributed by atoms with E-state index in [1.807, 2.05) is 0 Å². The predicted molar refractivity (Wildman–Crippen MR) is 60.9 cm³/mol. The number of nitrogens with zero attached hydrogens (tertiary/aromatic N) is 1. The smallest absolute Gasteiger partial charge is 0.337 e. The molecule has 1 aromatic heterocycles. The molecule has 1 aromatic rings. The molecule has 6 heteroatoms. The monoisotopic (exact) mass is 235 g/mol. The molecule has 1 aliphatic rings. The average Bonchev–Trinajstić information content (AvgIpc) is 2.73. The highest BCUT2D eigenvalue weighted by Gasteiger charge is 2.20. The first kappa shape index (κ1) is 11.4. The van der Waals surface area contributed by atoms with Crippen molar-refractivity contribution in [3.05, 3.63) is 23.9 Å². The van der Waals surface area contributed by atoms with E-state index in [4.69, 9.17) is 5.11 Å². The maximum atomic E-state index is 11.0. The van der Waals surface area contributed by atoms with Crippen LogP contribution < -0.4 is 10.6 Å². The van der Waals surface area contributed by atoms with Crippen molar-refractivity contribution in [2.75, 3.05) is 11.9 Å². The van der Waals surface area contributed by atoms with E-state index >= 15 is 0 Å². The number of aromatic nitrogens is 1. The first-order valence-corrected chi connectivity index (χ1v) is 5.38. The molecule has 0 saturated carbocycles. The van der Waals surface area contributed by atoms with Crippen LogP contribution in [0.4, 0.5) is 5.82 Å². The fraction of sp³-hybridized carbons (Fsp3) is 0.364. The molecule has 90 valence electrons. The van der Waals surface area contributed by atoms with Crippen LogP contribution in [-0.4, -0.2) is 34.6 Å². The Bertz CT molecular complexity index is 430. The summed E-state index contributed by atoms with van der Waals surface area (Å²) in [6.45, 7) is 0.602. The van der Waals surface area contributed by atoms with Crippen LogP contribution in [0, 0.1) is 0 Å². The molecule has 0 bridgehead atoms. The Morgan fingerprint density at radius 2 is 2.41 bits per heavy atom. The molecular weight excluding hydrogens is 222 g/mol. The Kier molecular flexibility index (Phi) is 3.22. The Morgan fingerprint density at radius 1 is 1.59 bits per heavy atom. The third kappa shape index (κ3) is 2.93. The van der Waals surface area contributed by atoms with E-state index in [1.54, 1.807) is 6.07 Å². The highest BCUT2D eigenvalue weighted by atomic mass is 16.4. The van der Waals surface area contributed by atoms with Gasteiger partial charge in [-0.1, -0.05) is 0 Å². The number of carbonyl (C=O) groups excluding carboxylic acids is 1. The van der Waals surface area contributed by atoms with E-state index < -0.39 is 5.97 Å². The second-order valence-corrected chi connectivity index (χ2v) is 3.92. The molecule has 1 atom stereocenters. The summed E-state index contributed by atoms with van der Waals surface area (Å²) in [7, 11) is 0. The first-order chi connectivity index (χ1) is 8.15. The van der Waals surface area contributed by atoms with Crippen LogP contribution in [0.25, 0.3) is 0 Å². The van der Waals surface area contributed by atoms with E-state index in [9.17, 15) is 9.59 Å². The van der Waals surface area contributed by atoms with Gasteiger partial charge in [0.05, 0.1) is 5.56 Å². The molecule has 1 unspecified atom stereocenters. The van der Waals surface area contributed by atoms with Gasteiger partial charge in [0.1, 0.15) is 5.82 Å². The minimum absolute atomic E-state index is 0.0750. The van der Waals surface area contributed by atoms with Gasteiger partial charge in [0.25, 0.3) is 0 Å². The van der Waals surface area contributed by atoms with E-state index in [0.29, 0.717) is 18.8 Å². The van der Waals surface area contributed by atoms with Crippen molar-refractivity contribution in [3.63, 3.8) is 0 Å². The van der Waals surface area contributed by atoms with Crippen molar-refractivity contribution < 1.29 is 14.7 Å². The number of nitrogens with one attached hydrogen (secondary N) is 2. The molecule has 1 saturated heterocycles. The molecule has 3 N–H and O–H groups in total. The number of hydrogen-bond donors (Lipinski definition) is 3. The minimum atomic E-state index is -0.993. The van der Waals surface area contributed by atoms with Gasteiger partial charge < -0.3 is 15.7 Å². The van der Waals surface area contributed by atoms with Gasteiger partial charge in [-0.25, -0.2) is 9.78 Å². The van der Waals surface area contributed by atoms with Crippen LogP contribution in [0.2, 0.25) is 0 Å². The van der Waals surface area contributed by atoms with Crippen LogP contribution in [0.1, 0.15) is 23.2 Å². The lowest BCUT2D eigenvalue weighted by molar-refractivity contribution is -0.119. The molecule has 0 aliphatic carbocycles. The predicted octanol–water partition coefficient (Wildman–Crippen LogP) is 0.470. The fourth-order valence-electron chi connectivity index (χ4n) is 1.68. The van der Waals surface area contributed by atoms with Crippen molar-refractivity contribution >= 4 is 17.7 Å². The Morgan fingerprint density at radius 3 is 2.94 bits per heavy atom. The molecule has 1 aliphatic heterocycles. The molecule has 0 aromatic carbocycles. The number of carboxylic acid groups (broad SMARTS) is 1. The summed E-state index contributed by atoms with van der Waals surface area (Å²) in [6.07, 6.45) is 2.69. The van der Waals surface area contributed by atoms with Crippen LogP contribution in [0.15, 0.2) is 18.3 Å².